The van der Waals surface area contributed by atoms with E-state index in [4.69, 9.17) is 17.2 Å². The maximum Gasteiger partial charge on any atom is 0.00772 e. The Kier molecular flexibility index (Phi) is 28.8. The van der Waals surface area contributed by atoms with Gasteiger partial charge < -0.3 is 43.8 Å². The van der Waals surface area contributed by atoms with Gasteiger partial charge in [-0.15, -0.1) is 0 Å². The van der Waals surface area contributed by atoms with Crippen molar-refractivity contribution in [1.29, 1.82) is 0 Å². The zero-order valence-corrected chi connectivity index (χ0v) is 15.1. The summed E-state index contributed by atoms with van der Waals surface area (Å²) < 4.78 is 0. The predicted molar refractivity (Wildman–Crippen MR) is 102 cm³/mol. The van der Waals surface area contributed by atoms with Crippen LogP contribution in [0.3, 0.4) is 0 Å². The van der Waals surface area contributed by atoms with Crippen molar-refractivity contribution in [2.24, 2.45) is 17.2 Å². The average molecular weight is 335 g/mol. The molecule has 0 spiro atoms. The molecule has 0 aromatic heterocycles. The van der Waals surface area contributed by atoms with Crippen LogP contribution in [-0.4, -0.2) is 85.1 Å². The Hall–Kier alpha value is -0.320. The summed E-state index contributed by atoms with van der Waals surface area (Å²) in [6, 6.07) is 0. The minimum Gasteiger partial charge on any atom is -0.330 e. The monoisotopic (exact) mass is 334 g/mol. The molecule has 142 valence electrons. The number of hydrogen-bond acceptors (Lipinski definition) is 8. The normalized spacial score (nSPS) is 10.4. The summed E-state index contributed by atoms with van der Waals surface area (Å²) in [6.45, 7) is 14.2. The third-order valence-corrected chi connectivity index (χ3v) is 2.89. The average Bonchev–Trinajstić information content (AvgIpc) is 2.57. The molecule has 0 bridgehead atoms. The largest absolute Gasteiger partial charge is 0.330 e. The molecule has 0 radical (unpaired) electrons. The van der Waals surface area contributed by atoms with Gasteiger partial charge in [-0.05, 0) is 26.1 Å². The lowest BCUT2D eigenvalue weighted by atomic mass is 10.4. The van der Waals surface area contributed by atoms with Crippen molar-refractivity contribution in [3.63, 3.8) is 0 Å². The fraction of sp³-hybridized carbons (Fsp3) is 1.00. The second-order valence-corrected chi connectivity index (χ2v) is 5.07. The van der Waals surface area contributed by atoms with E-state index in [1.54, 1.807) is 0 Å². The zero-order chi connectivity index (χ0) is 17.4. The second-order valence-electron chi connectivity index (χ2n) is 5.07. The molecule has 0 aliphatic carbocycles. The lowest BCUT2D eigenvalue weighted by molar-refractivity contribution is 0.569. The van der Waals surface area contributed by atoms with Crippen molar-refractivity contribution >= 4 is 0 Å². The molecule has 8 nitrogen and oxygen atoms in total. The fourth-order valence-corrected chi connectivity index (χ4v) is 1.64. The van der Waals surface area contributed by atoms with Crippen LogP contribution in [0.25, 0.3) is 0 Å². The van der Waals surface area contributed by atoms with E-state index in [1.165, 1.54) is 0 Å². The first kappa shape index (κ1) is 24.9. The van der Waals surface area contributed by atoms with Gasteiger partial charge in [0.25, 0.3) is 0 Å². The lowest BCUT2D eigenvalue weighted by Crippen LogP contribution is -2.36. The highest BCUT2D eigenvalue weighted by Gasteiger charge is 1.89. The van der Waals surface area contributed by atoms with E-state index in [0.29, 0.717) is 13.1 Å². The van der Waals surface area contributed by atoms with Crippen molar-refractivity contribution in [2.45, 2.75) is 13.3 Å². The molecule has 0 saturated carbocycles. The summed E-state index contributed by atoms with van der Waals surface area (Å²) in [6.07, 6.45) is 1.09. The molecule has 0 aromatic carbocycles. The number of nitrogens with one attached hydrogen (secondary N) is 5. The highest BCUT2D eigenvalue weighted by Crippen LogP contribution is 1.66. The van der Waals surface area contributed by atoms with Gasteiger partial charge in [0, 0.05) is 65.4 Å². The van der Waals surface area contributed by atoms with Crippen LogP contribution < -0.4 is 43.8 Å². The van der Waals surface area contributed by atoms with Gasteiger partial charge in [-0.25, -0.2) is 0 Å². The van der Waals surface area contributed by atoms with E-state index < -0.39 is 0 Å². The van der Waals surface area contributed by atoms with Crippen LogP contribution in [0.5, 0.6) is 0 Å². The molecule has 0 saturated heterocycles. The summed E-state index contributed by atoms with van der Waals surface area (Å²) in [4.78, 5) is 0. The van der Waals surface area contributed by atoms with Crippen molar-refractivity contribution in [3.8, 4) is 0 Å². The van der Waals surface area contributed by atoms with Crippen molar-refractivity contribution in [2.75, 3.05) is 85.1 Å². The predicted octanol–water partition coefficient (Wildman–Crippen LogP) is -2.79. The second kappa shape index (κ2) is 26.6. The third kappa shape index (κ3) is 30.2. The Morgan fingerprint density at radius 2 is 0.870 bits per heavy atom. The Labute approximate surface area is 143 Å². The van der Waals surface area contributed by atoms with Gasteiger partial charge in [-0.3, -0.25) is 0 Å². The van der Waals surface area contributed by atoms with Gasteiger partial charge in [-0.1, -0.05) is 6.92 Å². The van der Waals surface area contributed by atoms with E-state index in [1.807, 2.05) is 0 Å². The molecule has 0 aliphatic rings. The van der Waals surface area contributed by atoms with Crippen molar-refractivity contribution in [3.05, 3.63) is 0 Å². The highest BCUT2D eigenvalue weighted by atomic mass is 15.0. The summed E-state index contributed by atoms with van der Waals surface area (Å²) in [7, 11) is 0. The van der Waals surface area contributed by atoms with Gasteiger partial charge in [0.2, 0.25) is 0 Å². The van der Waals surface area contributed by atoms with Gasteiger partial charge in [0.05, 0.1) is 0 Å². The first-order valence-corrected chi connectivity index (χ1v) is 8.97. The molecular formula is C15H42N8. The number of nitrogens with two attached hydrogens (primary N) is 3. The van der Waals surface area contributed by atoms with Crippen molar-refractivity contribution in [1.82, 2.24) is 26.6 Å². The summed E-state index contributed by atoms with van der Waals surface area (Å²) in [5.74, 6) is 0. The molecule has 0 heterocycles. The molecule has 11 N–H and O–H groups in total. The molecule has 0 aliphatic heterocycles. The molecule has 23 heavy (non-hydrogen) atoms. The number of hydrogen-bond donors (Lipinski definition) is 8. The zero-order valence-electron chi connectivity index (χ0n) is 15.1. The lowest BCUT2D eigenvalue weighted by Gasteiger charge is -2.07. The third-order valence-electron chi connectivity index (χ3n) is 2.89. The molecule has 0 aromatic rings. The number of rotatable bonds is 17. The van der Waals surface area contributed by atoms with Crippen LogP contribution in [0, 0.1) is 0 Å². The SMILES string of the molecule is CCNCCCN.NCCNCCNCCNCCNCCN. The molecular weight excluding hydrogens is 292 g/mol. The first-order valence-electron chi connectivity index (χ1n) is 8.97. The minimum absolute atomic E-state index is 0.706. The fourth-order valence-electron chi connectivity index (χ4n) is 1.64. The van der Waals surface area contributed by atoms with E-state index >= 15 is 0 Å². The maximum atomic E-state index is 5.35. The molecule has 0 atom stereocenters. The van der Waals surface area contributed by atoms with E-state index in [2.05, 4.69) is 33.5 Å². The quantitative estimate of drug-likeness (QED) is 0.134. The maximum absolute atomic E-state index is 5.35. The van der Waals surface area contributed by atoms with Gasteiger partial charge in [0.1, 0.15) is 0 Å². The topological polar surface area (TPSA) is 138 Å². The van der Waals surface area contributed by atoms with E-state index in [9.17, 15) is 0 Å². The van der Waals surface area contributed by atoms with E-state index in [0.717, 1.165) is 78.4 Å². The Bertz CT molecular complexity index is 165. The summed E-state index contributed by atoms with van der Waals surface area (Å²) in [5.41, 5.74) is 15.9. The van der Waals surface area contributed by atoms with Crippen LogP contribution in [-0.2, 0) is 0 Å². The smallest absolute Gasteiger partial charge is 0.00772 e. The van der Waals surface area contributed by atoms with Crippen LogP contribution in [0.15, 0.2) is 0 Å². The van der Waals surface area contributed by atoms with Crippen LogP contribution in [0.2, 0.25) is 0 Å². The molecule has 0 fully saturated rings. The Morgan fingerprint density at radius 1 is 0.478 bits per heavy atom. The van der Waals surface area contributed by atoms with E-state index in [-0.39, 0.29) is 0 Å². The van der Waals surface area contributed by atoms with Gasteiger partial charge in [0.15, 0.2) is 0 Å². The molecule has 0 amide bonds. The molecule has 8 heteroatoms. The minimum atomic E-state index is 0.706. The highest BCUT2D eigenvalue weighted by molar-refractivity contribution is 4.56. The van der Waals surface area contributed by atoms with Gasteiger partial charge in [-0.2, -0.15) is 0 Å². The van der Waals surface area contributed by atoms with Crippen LogP contribution >= 0.6 is 0 Å². The first-order chi connectivity index (χ1) is 11.3. The molecule has 0 rings (SSSR count). The molecule has 0 unspecified atom stereocenters. The Balaban J connectivity index is 0. The van der Waals surface area contributed by atoms with Gasteiger partial charge >= 0.3 is 0 Å². The van der Waals surface area contributed by atoms with Crippen LogP contribution in [0.4, 0.5) is 0 Å². The summed E-state index contributed by atoms with van der Waals surface area (Å²) >= 11 is 0. The Morgan fingerprint density at radius 3 is 1.17 bits per heavy atom. The van der Waals surface area contributed by atoms with Crippen LogP contribution in [0.1, 0.15) is 13.3 Å². The standard InChI is InChI=1S/C10H28N6.C5H14N2/c11-1-3-13-5-7-15-9-10-16-8-6-14-4-2-12;1-2-7-5-3-4-6/h13-16H,1-12H2;7H,2-6H2,1H3. The van der Waals surface area contributed by atoms with Crippen molar-refractivity contribution < 1.29 is 0 Å². The summed E-state index contributed by atoms with van der Waals surface area (Å²) in [5, 5.41) is 16.3.